The van der Waals surface area contributed by atoms with E-state index in [1.165, 1.54) is 0 Å². The second kappa shape index (κ2) is 6.74. The average Bonchev–Trinajstić information content (AvgIpc) is 2.76. The van der Waals surface area contributed by atoms with Crippen LogP contribution in [0, 0.1) is 19.8 Å². The Kier molecular flexibility index (Phi) is 4.99. The number of amides is 2. The topological polar surface area (TPSA) is 49.4 Å². The summed E-state index contributed by atoms with van der Waals surface area (Å²) in [6.45, 7) is 7.44. The van der Waals surface area contributed by atoms with Crippen LogP contribution in [0.1, 0.15) is 37.3 Å². The summed E-state index contributed by atoms with van der Waals surface area (Å²) >= 11 is 0. The van der Waals surface area contributed by atoms with Gasteiger partial charge in [0.2, 0.25) is 11.8 Å². The fraction of sp³-hybridized carbons (Fsp3) is 0.529. The molecule has 21 heavy (non-hydrogen) atoms. The third kappa shape index (κ3) is 4.06. The minimum absolute atomic E-state index is 0.0488. The first-order chi connectivity index (χ1) is 9.99. The maximum absolute atomic E-state index is 12.3. The van der Waals surface area contributed by atoms with Gasteiger partial charge >= 0.3 is 0 Å². The summed E-state index contributed by atoms with van der Waals surface area (Å²) in [6, 6.07) is 5.98. The van der Waals surface area contributed by atoms with E-state index in [0.717, 1.165) is 36.2 Å². The SMILES string of the molecule is CCCCN1CC(C(=O)Nc2cc(C)cc(C)c2)CC1=O. The zero-order valence-corrected chi connectivity index (χ0v) is 13.1. The van der Waals surface area contributed by atoms with E-state index in [1.807, 2.05) is 30.9 Å². The second-order valence-corrected chi connectivity index (χ2v) is 5.96. The Balaban J connectivity index is 1.96. The van der Waals surface area contributed by atoms with Gasteiger partial charge < -0.3 is 10.2 Å². The van der Waals surface area contributed by atoms with Crippen molar-refractivity contribution in [1.82, 2.24) is 4.90 Å². The molecule has 1 aliphatic heterocycles. The molecule has 1 saturated heterocycles. The van der Waals surface area contributed by atoms with Crippen molar-refractivity contribution in [3.63, 3.8) is 0 Å². The molecule has 0 aliphatic carbocycles. The van der Waals surface area contributed by atoms with Gasteiger partial charge in [0.15, 0.2) is 0 Å². The van der Waals surface area contributed by atoms with Gasteiger partial charge in [-0.15, -0.1) is 0 Å². The Morgan fingerprint density at radius 1 is 1.29 bits per heavy atom. The number of carbonyl (C=O) groups is 2. The van der Waals surface area contributed by atoms with E-state index in [4.69, 9.17) is 0 Å². The van der Waals surface area contributed by atoms with Crippen molar-refractivity contribution >= 4 is 17.5 Å². The molecule has 0 spiro atoms. The number of unbranched alkanes of at least 4 members (excludes halogenated alkanes) is 1. The molecule has 1 aliphatic rings. The third-order valence-electron chi connectivity index (χ3n) is 3.86. The number of hydrogen-bond acceptors (Lipinski definition) is 2. The van der Waals surface area contributed by atoms with E-state index in [0.29, 0.717) is 13.0 Å². The van der Waals surface area contributed by atoms with E-state index in [2.05, 4.69) is 18.3 Å². The number of aryl methyl sites for hydroxylation is 2. The lowest BCUT2D eigenvalue weighted by atomic mass is 10.1. The molecule has 0 radical (unpaired) electrons. The summed E-state index contributed by atoms with van der Waals surface area (Å²) in [7, 11) is 0. The predicted molar refractivity (Wildman–Crippen MR) is 84.1 cm³/mol. The quantitative estimate of drug-likeness (QED) is 0.905. The number of benzene rings is 1. The molecule has 1 N–H and O–H groups in total. The number of hydrogen-bond donors (Lipinski definition) is 1. The third-order valence-corrected chi connectivity index (χ3v) is 3.86. The van der Waals surface area contributed by atoms with Gasteiger partial charge in [0, 0.05) is 25.2 Å². The van der Waals surface area contributed by atoms with Gasteiger partial charge in [-0.1, -0.05) is 19.4 Å². The van der Waals surface area contributed by atoms with Crippen molar-refractivity contribution in [3.05, 3.63) is 29.3 Å². The van der Waals surface area contributed by atoms with E-state index >= 15 is 0 Å². The fourth-order valence-electron chi connectivity index (χ4n) is 2.80. The van der Waals surface area contributed by atoms with Crippen molar-refractivity contribution < 1.29 is 9.59 Å². The van der Waals surface area contributed by atoms with Crippen LogP contribution < -0.4 is 5.32 Å². The number of likely N-dealkylation sites (tertiary alicyclic amines) is 1. The maximum Gasteiger partial charge on any atom is 0.229 e. The monoisotopic (exact) mass is 288 g/mol. The molecule has 114 valence electrons. The summed E-state index contributed by atoms with van der Waals surface area (Å²) in [5.41, 5.74) is 3.06. The summed E-state index contributed by atoms with van der Waals surface area (Å²) in [5.74, 6) is -0.174. The van der Waals surface area contributed by atoms with Crippen LogP contribution in [-0.2, 0) is 9.59 Å². The number of nitrogens with zero attached hydrogens (tertiary/aromatic N) is 1. The van der Waals surface area contributed by atoms with Gasteiger partial charge in [0.1, 0.15) is 0 Å². The highest BCUT2D eigenvalue weighted by Crippen LogP contribution is 2.21. The molecule has 1 aromatic rings. The summed E-state index contributed by atoms with van der Waals surface area (Å²) in [5, 5.41) is 2.94. The lowest BCUT2D eigenvalue weighted by molar-refractivity contribution is -0.128. The van der Waals surface area contributed by atoms with Gasteiger partial charge in [-0.2, -0.15) is 0 Å². The molecular formula is C17H24N2O2. The Hall–Kier alpha value is -1.84. The molecule has 1 unspecified atom stereocenters. The van der Waals surface area contributed by atoms with Crippen LogP contribution in [0.4, 0.5) is 5.69 Å². The second-order valence-electron chi connectivity index (χ2n) is 5.96. The number of nitrogens with one attached hydrogen (secondary N) is 1. The van der Waals surface area contributed by atoms with Crippen molar-refractivity contribution in [3.8, 4) is 0 Å². The highest BCUT2D eigenvalue weighted by atomic mass is 16.2. The lowest BCUT2D eigenvalue weighted by Crippen LogP contribution is -2.29. The minimum atomic E-state index is -0.227. The van der Waals surface area contributed by atoms with Gasteiger partial charge in [0.05, 0.1) is 5.92 Å². The Morgan fingerprint density at radius 3 is 2.57 bits per heavy atom. The molecule has 0 aromatic heterocycles. The van der Waals surface area contributed by atoms with Crippen LogP contribution in [0.3, 0.4) is 0 Å². The molecular weight excluding hydrogens is 264 g/mol. The van der Waals surface area contributed by atoms with E-state index in [1.54, 1.807) is 0 Å². The normalized spacial score (nSPS) is 18.1. The van der Waals surface area contributed by atoms with Crippen molar-refractivity contribution in [2.24, 2.45) is 5.92 Å². The first kappa shape index (κ1) is 15.5. The van der Waals surface area contributed by atoms with Crippen molar-refractivity contribution in [2.75, 3.05) is 18.4 Å². The van der Waals surface area contributed by atoms with Crippen molar-refractivity contribution in [1.29, 1.82) is 0 Å². The van der Waals surface area contributed by atoms with E-state index in [-0.39, 0.29) is 17.7 Å². The predicted octanol–water partition coefficient (Wildman–Crippen LogP) is 2.89. The largest absolute Gasteiger partial charge is 0.342 e. The molecule has 1 aromatic carbocycles. The van der Waals surface area contributed by atoms with Gasteiger partial charge in [-0.3, -0.25) is 9.59 Å². The number of rotatable bonds is 5. The fourth-order valence-corrected chi connectivity index (χ4v) is 2.80. The molecule has 1 atom stereocenters. The molecule has 0 bridgehead atoms. The molecule has 4 heteroatoms. The maximum atomic E-state index is 12.3. The summed E-state index contributed by atoms with van der Waals surface area (Å²) < 4.78 is 0. The molecule has 0 saturated carbocycles. The van der Waals surface area contributed by atoms with Crippen LogP contribution >= 0.6 is 0 Å². The van der Waals surface area contributed by atoms with Gasteiger partial charge in [-0.05, 0) is 43.5 Å². The average molecular weight is 288 g/mol. The zero-order valence-electron chi connectivity index (χ0n) is 13.1. The Bertz CT molecular complexity index is 519. The van der Waals surface area contributed by atoms with Gasteiger partial charge in [-0.25, -0.2) is 0 Å². The highest BCUT2D eigenvalue weighted by Gasteiger charge is 2.33. The highest BCUT2D eigenvalue weighted by molar-refractivity contribution is 5.97. The molecule has 1 fully saturated rings. The smallest absolute Gasteiger partial charge is 0.229 e. The number of anilines is 1. The summed E-state index contributed by atoms with van der Waals surface area (Å²) in [4.78, 5) is 26.0. The van der Waals surface area contributed by atoms with Crippen LogP contribution in [0.25, 0.3) is 0 Å². The van der Waals surface area contributed by atoms with Crippen LogP contribution in [0.15, 0.2) is 18.2 Å². The minimum Gasteiger partial charge on any atom is -0.342 e. The molecule has 2 rings (SSSR count). The van der Waals surface area contributed by atoms with Crippen LogP contribution in [0.2, 0.25) is 0 Å². The van der Waals surface area contributed by atoms with E-state index in [9.17, 15) is 9.59 Å². The molecule has 4 nitrogen and oxygen atoms in total. The van der Waals surface area contributed by atoms with Crippen LogP contribution in [-0.4, -0.2) is 29.8 Å². The summed E-state index contributed by atoms with van der Waals surface area (Å²) in [6.07, 6.45) is 2.39. The Labute approximate surface area is 126 Å². The van der Waals surface area contributed by atoms with E-state index < -0.39 is 0 Å². The number of carbonyl (C=O) groups excluding carboxylic acids is 2. The standard InChI is InChI=1S/C17H24N2O2/c1-4-5-6-19-11-14(10-16(19)20)17(21)18-15-8-12(2)7-13(3)9-15/h7-9,14H,4-6,10-11H2,1-3H3,(H,18,21). The molecule has 1 heterocycles. The first-order valence-corrected chi connectivity index (χ1v) is 7.66. The van der Waals surface area contributed by atoms with Crippen molar-refractivity contribution in [2.45, 2.75) is 40.0 Å². The lowest BCUT2D eigenvalue weighted by Gasteiger charge is -2.16. The van der Waals surface area contributed by atoms with Crippen LogP contribution in [0.5, 0.6) is 0 Å². The van der Waals surface area contributed by atoms with Gasteiger partial charge in [0.25, 0.3) is 0 Å². The first-order valence-electron chi connectivity index (χ1n) is 7.66. The Morgan fingerprint density at radius 2 is 1.95 bits per heavy atom. The molecule has 2 amide bonds. The zero-order chi connectivity index (χ0) is 15.4.